The molecule has 20 heavy (non-hydrogen) atoms. The van der Waals surface area contributed by atoms with E-state index in [-0.39, 0.29) is 0 Å². The highest BCUT2D eigenvalue weighted by molar-refractivity contribution is 5.40. The van der Waals surface area contributed by atoms with Crippen LogP contribution in [0.3, 0.4) is 0 Å². The van der Waals surface area contributed by atoms with Gasteiger partial charge in [-0.1, -0.05) is 48.9 Å². The van der Waals surface area contributed by atoms with Crippen molar-refractivity contribution in [3.05, 3.63) is 65.2 Å². The molecule has 2 nitrogen and oxygen atoms in total. The molecule has 0 saturated carbocycles. The molecule has 0 amide bonds. The molecule has 0 aliphatic carbocycles. The number of benzene rings is 2. The summed E-state index contributed by atoms with van der Waals surface area (Å²) in [6, 6.07) is 16.9. The number of rotatable bonds is 6. The second kappa shape index (κ2) is 7.11. The standard InChI is InChI=1S/C18H24N2/c1-3-10-20(13-16-7-4-6-15(2)11-16)14-17-8-5-9-18(19)12-17/h4-9,11-12H,3,10,13-14,19H2,1-2H3. The monoisotopic (exact) mass is 268 g/mol. The Labute approximate surface area is 122 Å². The number of aryl methyl sites for hydroxylation is 1. The van der Waals surface area contributed by atoms with Crippen molar-refractivity contribution in [2.24, 2.45) is 0 Å². The second-order valence-electron chi connectivity index (χ2n) is 5.44. The van der Waals surface area contributed by atoms with Crippen LogP contribution < -0.4 is 5.73 Å². The third kappa shape index (κ3) is 4.39. The molecule has 0 unspecified atom stereocenters. The molecule has 0 aliphatic rings. The normalized spacial score (nSPS) is 10.9. The molecule has 2 N–H and O–H groups in total. The first kappa shape index (κ1) is 14.6. The minimum absolute atomic E-state index is 0.842. The zero-order valence-electron chi connectivity index (χ0n) is 12.5. The minimum Gasteiger partial charge on any atom is -0.399 e. The molecule has 0 aliphatic heterocycles. The van der Waals surface area contributed by atoms with Crippen LogP contribution in [0.25, 0.3) is 0 Å². The Morgan fingerprint density at radius 3 is 2.20 bits per heavy atom. The number of nitrogens with zero attached hydrogens (tertiary/aromatic N) is 1. The van der Waals surface area contributed by atoms with Gasteiger partial charge in [0.2, 0.25) is 0 Å². The molecule has 0 atom stereocenters. The lowest BCUT2D eigenvalue weighted by Crippen LogP contribution is -2.23. The SMILES string of the molecule is CCCN(Cc1cccc(C)c1)Cc1cccc(N)c1. The van der Waals surface area contributed by atoms with Gasteiger partial charge >= 0.3 is 0 Å². The maximum Gasteiger partial charge on any atom is 0.0317 e. The van der Waals surface area contributed by atoms with Crippen LogP contribution in [0.4, 0.5) is 5.69 Å². The van der Waals surface area contributed by atoms with Crippen LogP contribution in [0.1, 0.15) is 30.0 Å². The smallest absolute Gasteiger partial charge is 0.0317 e. The van der Waals surface area contributed by atoms with Crippen LogP contribution in [-0.4, -0.2) is 11.4 Å². The summed E-state index contributed by atoms with van der Waals surface area (Å²) >= 11 is 0. The fourth-order valence-corrected chi connectivity index (χ4v) is 2.55. The summed E-state index contributed by atoms with van der Waals surface area (Å²) in [7, 11) is 0. The van der Waals surface area contributed by atoms with Gasteiger partial charge in [0.05, 0.1) is 0 Å². The highest BCUT2D eigenvalue weighted by Crippen LogP contribution is 2.13. The molecule has 0 radical (unpaired) electrons. The summed E-state index contributed by atoms with van der Waals surface area (Å²) in [4.78, 5) is 2.48. The summed E-state index contributed by atoms with van der Waals surface area (Å²) in [6.07, 6.45) is 1.16. The fraction of sp³-hybridized carbons (Fsp3) is 0.333. The summed E-state index contributed by atoms with van der Waals surface area (Å²) in [5.74, 6) is 0. The molecule has 0 saturated heterocycles. The van der Waals surface area contributed by atoms with E-state index in [0.29, 0.717) is 0 Å². The molecule has 2 rings (SSSR count). The average Bonchev–Trinajstić information content (AvgIpc) is 2.39. The first-order chi connectivity index (χ1) is 9.67. The van der Waals surface area contributed by atoms with Gasteiger partial charge in [-0.05, 0) is 43.1 Å². The van der Waals surface area contributed by atoms with Crippen LogP contribution in [0.5, 0.6) is 0 Å². The first-order valence-corrected chi connectivity index (χ1v) is 7.29. The molecule has 0 fully saturated rings. The van der Waals surface area contributed by atoms with E-state index in [0.717, 1.165) is 31.7 Å². The number of nitrogen functional groups attached to an aromatic ring is 1. The lowest BCUT2D eigenvalue weighted by molar-refractivity contribution is 0.257. The summed E-state index contributed by atoms with van der Waals surface area (Å²) in [6.45, 7) is 7.41. The van der Waals surface area contributed by atoms with E-state index in [1.165, 1.54) is 16.7 Å². The van der Waals surface area contributed by atoms with Crippen LogP contribution >= 0.6 is 0 Å². The van der Waals surface area contributed by atoms with Crippen molar-refractivity contribution in [2.75, 3.05) is 12.3 Å². The molecule has 0 spiro atoms. The Morgan fingerprint density at radius 2 is 1.60 bits per heavy atom. The molecular formula is C18H24N2. The Balaban J connectivity index is 2.07. The first-order valence-electron chi connectivity index (χ1n) is 7.29. The van der Waals surface area contributed by atoms with Crippen molar-refractivity contribution >= 4 is 5.69 Å². The lowest BCUT2D eigenvalue weighted by atomic mass is 10.1. The predicted molar refractivity (Wildman–Crippen MR) is 86.4 cm³/mol. The van der Waals surface area contributed by atoms with Crippen LogP contribution in [0, 0.1) is 6.92 Å². The van der Waals surface area contributed by atoms with E-state index in [4.69, 9.17) is 5.73 Å². The van der Waals surface area contributed by atoms with E-state index in [1.54, 1.807) is 0 Å². The van der Waals surface area contributed by atoms with Gasteiger partial charge < -0.3 is 5.73 Å². The third-order valence-electron chi connectivity index (χ3n) is 3.39. The zero-order chi connectivity index (χ0) is 14.4. The lowest BCUT2D eigenvalue weighted by Gasteiger charge is -2.22. The molecule has 0 aromatic heterocycles. The van der Waals surface area contributed by atoms with E-state index in [9.17, 15) is 0 Å². The topological polar surface area (TPSA) is 29.3 Å². The van der Waals surface area contributed by atoms with Gasteiger partial charge in [-0.15, -0.1) is 0 Å². The summed E-state index contributed by atoms with van der Waals surface area (Å²) < 4.78 is 0. The van der Waals surface area contributed by atoms with Crippen molar-refractivity contribution in [3.63, 3.8) is 0 Å². The van der Waals surface area contributed by atoms with Crippen molar-refractivity contribution in [3.8, 4) is 0 Å². The Hall–Kier alpha value is -1.80. The summed E-state index contributed by atoms with van der Waals surface area (Å²) in [5.41, 5.74) is 10.7. The maximum atomic E-state index is 5.86. The van der Waals surface area contributed by atoms with Gasteiger partial charge in [-0.2, -0.15) is 0 Å². The number of hydrogen-bond donors (Lipinski definition) is 1. The van der Waals surface area contributed by atoms with E-state index in [1.807, 2.05) is 12.1 Å². The highest BCUT2D eigenvalue weighted by Gasteiger charge is 2.06. The van der Waals surface area contributed by atoms with Crippen molar-refractivity contribution in [2.45, 2.75) is 33.4 Å². The predicted octanol–water partition coefficient (Wildman–Crippen LogP) is 3.99. The van der Waals surface area contributed by atoms with Gasteiger partial charge in [-0.3, -0.25) is 4.90 Å². The molecular weight excluding hydrogens is 244 g/mol. The largest absolute Gasteiger partial charge is 0.399 e. The average molecular weight is 268 g/mol. The van der Waals surface area contributed by atoms with Gasteiger partial charge in [-0.25, -0.2) is 0 Å². The highest BCUT2D eigenvalue weighted by atomic mass is 15.1. The van der Waals surface area contributed by atoms with Crippen LogP contribution in [0.15, 0.2) is 48.5 Å². The van der Waals surface area contributed by atoms with Crippen molar-refractivity contribution < 1.29 is 0 Å². The van der Waals surface area contributed by atoms with Gasteiger partial charge in [0.15, 0.2) is 0 Å². The molecule has 106 valence electrons. The number of anilines is 1. The van der Waals surface area contributed by atoms with Gasteiger partial charge in [0, 0.05) is 18.8 Å². The van der Waals surface area contributed by atoms with E-state index >= 15 is 0 Å². The number of hydrogen-bond acceptors (Lipinski definition) is 2. The Morgan fingerprint density at radius 1 is 0.950 bits per heavy atom. The maximum absolute atomic E-state index is 5.86. The fourth-order valence-electron chi connectivity index (χ4n) is 2.55. The van der Waals surface area contributed by atoms with Gasteiger partial charge in [0.25, 0.3) is 0 Å². The number of nitrogens with two attached hydrogens (primary N) is 1. The van der Waals surface area contributed by atoms with Crippen LogP contribution in [0.2, 0.25) is 0 Å². The van der Waals surface area contributed by atoms with E-state index < -0.39 is 0 Å². The van der Waals surface area contributed by atoms with Crippen molar-refractivity contribution in [1.82, 2.24) is 4.90 Å². The Kier molecular flexibility index (Phi) is 5.19. The quantitative estimate of drug-likeness (QED) is 0.803. The molecule has 0 bridgehead atoms. The zero-order valence-corrected chi connectivity index (χ0v) is 12.5. The molecule has 0 heterocycles. The molecule has 2 heteroatoms. The summed E-state index contributed by atoms with van der Waals surface area (Å²) in [5, 5.41) is 0. The van der Waals surface area contributed by atoms with Gasteiger partial charge in [0.1, 0.15) is 0 Å². The van der Waals surface area contributed by atoms with Crippen molar-refractivity contribution in [1.29, 1.82) is 0 Å². The van der Waals surface area contributed by atoms with E-state index in [2.05, 4.69) is 55.1 Å². The Bertz CT molecular complexity index is 501. The molecule has 2 aromatic rings. The third-order valence-corrected chi connectivity index (χ3v) is 3.39. The van der Waals surface area contributed by atoms with Crippen LogP contribution in [-0.2, 0) is 13.1 Å². The molecule has 2 aromatic carbocycles. The minimum atomic E-state index is 0.842. The second-order valence-corrected chi connectivity index (χ2v) is 5.44.